The van der Waals surface area contributed by atoms with Gasteiger partial charge >= 0.3 is 0 Å². The lowest BCUT2D eigenvalue weighted by Gasteiger charge is -2.36. The molecule has 126 valence electrons. The first-order chi connectivity index (χ1) is 11.5. The van der Waals surface area contributed by atoms with Gasteiger partial charge in [-0.15, -0.1) is 0 Å². The first-order valence-electron chi connectivity index (χ1n) is 7.45. The molecule has 0 amide bonds. The van der Waals surface area contributed by atoms with E-state index in [0.29, 0.717) is 17.6 Å². The number of nitrogens with two attached hydrogens (primary N) is 1. The zero-order valence-corrected chi connectivity index (χ0v) is 12.6. The highest BCUT2D eigenvalue weighted by Crippen LogP contribution is 2.70. The highest BCUT2D eigenvalue weighted by Gasteiger charge is 2.76. The second kappa shape index (κ2) is 4.77. The van der Waals surface area contributed by atoms with Crippen LogP contribution in [-0.4, -0.2) is 59.7 Å². The molecule has 5 atom stereocenters. The molecule has 0 bridgehead atoms. The molecule has 0 radical (unpaired) electrons. The Labute approximate surface area is 135 Å². The van der Waals surface area contributed by atoms with Gasteiger partial charge in [-0.3, -0.25) is 0 Å². The average molecular weight is 332 g/mol. The van der Waals surface area contributed by atoms with Crippen molar-refractivity contribution in [3.05, 3.63) is 23.1 Å². The molecule has 2 saturated carbocycles. The van der Waals surface area contributed by atoms with Crippen LogP contribution in [0.1, 0.15) is 12.5 Å². The van der Waals surface area contributed by atoms with Crippen LogP contribution in [0.3, 0.4) is 0 Å². The maximum absolute atomic E-state index is 11.1. The van der Waals surface area contributed by atoms with E-state index in [-0.39, 0.29) is 24.9 Å². The lowest BCUT2D eigenvalue weighted by molar-refractivity contribution is -0.105. The number of fused-ring (bicyclic) bond motifs is 2. The molecule has 0 unspecified atom stereocenters. The second-order valence-electron chi connectivity index (χ2n) is 6.51. The van der Waals surface area contributed by atoms with Crippen LogP contribution in [0.2, 0.25) is 0 Å². The molecule has 11 heteroatoms. The normalized spacial score (nSPS) is 37.2. The summed E-state index contributed by atoms with van der Waals surface area (Å²) in [6.07, 6.45) is 2.08. The van der Waals surface area contributed by atoms with E-state index in [2.05, 4.69) is 25.0 Å². The van der Waals surface area contributed by atoms with Crippen LogP contribution < -0.4 is 5.73 Å². The molecule has 2 aliphatic rings. The molecule has 2 heterocycles. The summed E-state index contributed by atoms with van der Waals surface area (Å²) in [5.41, 5.74) is 12.7. The van der Waals surface area contributed by atoms with Crippen LogP contribution in [0.15, 0.2) is 17.8 Å². The van der Waals surface area contributed by atoms with Crippen molar-refractivity contribution in [2.45, 2.75) is 24.2 Å². The number of nitrogens with zero attached hydrogens (tertiary/aromatic N) is 7. The fourth-order valence-electron chi connectivity index (χ4n) is 4.20. The summed E-state index contributed by atoms with van der Waals surface area (Å²) in [6.45, 7) is -0.592. The number of anilines is 1. The van der Waals surface area contributed by atoms with Crippen LogP contribution in [0.5, 0.6) is 0 Å². The Hall–Kier alpha value is -2.46. The maximum atomic E-state index is 11.1. The molecule has 2 aromatic heterocycles. The van der Waals surface area contributed by atoms with E-state index in [4.69, 9.17) is 11.3 Å². The van der Waals surface area contributed by atoms with Gasteiger partial charge in [-0.2, -0.15) is 0 Å². The van der Waals surface area contributed by atoms with Crippen molar-refractivity contribution in [1.29, 1.82) is 0 Å². The molecule has 2 fully saturated rings. The van der Waals surface area contributed by atoms with Gasteiger partial charge in [0, 0.05) is 10.3 Å². The summed E-state index contributed by atoms with van der Waals surface area (Å²) in [7, 11) is 0. The number of nitrogen functional groups attached to an aromatic ring is 1. The third kappa shape index (κ3) is 1.66. The fraction of sp³-hybridized carbons (Fsp3) is 0.615. The third-order valence-corrected chi connectivity index (χ3v) is 5.46. The fourth-order valence-corrected chi connectivity index (χ4v) is 4.20. The minimum absolute atomic E-state index is 0.190. The van der Waals surface area contributed by atoms with E-state index in [1.165, 1.54) is 12.7 Å². The van der Waals surface area contributed by atoms with E-state index in [0.717, 1.165) is 0 Å². The average Bonchev–Trinajstić information content (AvgIpc) is 3.09. The first kappa shape index (κ1) is 15.1. The van der Waals surface area contributed by atoms with E-state index in [1.807, 2.05) is 0 Å². The van der Waals surface area contributed by atoms with Crippen LogP contribution >= 0.6 is 0 Å². The Balaban J connectivity index is 1.88. The van der Waals surface area contributed by atoms with Crippen molar-refractivity contribution in [2.24, 2.45) is 16.4 Å². The van der Waals surface area contributed by atoms with Crippen LogP contribution in [0, 0.1) is 11.3 Å². The predicted octanol–water partition coefficient (Wildman–Crippen LogP) is -0.636. The summed E-state index contributed by atoms with van der Waals surface area (Å²) in [4.78, 5) is 14.9. The number of aliphatic hydroxyl groups excluding tert-OH is 2. The number of imidazole rings is 1. The number of hydrogen-bond acceptors (Lipinski definition) is 8. The molecular formula is C13H16N8O3. The van der Waals surface area contributed by atoms with Crippen LogP contribution in [0.4, 0.5) is 5.82 Å². The van der Waals surface area contributed by atoms with Gasteiger partial charge in [-0.1, -0.05) is 5.11 Å². The van der Waals surface area contributed by atoms with E-state index >= 15 is 0 Å². The van der Waals surface area contributed by atoms with Gasteiger partial charge in [0.15, 0.2) is 11.5 Å². The summed E-state index contributed by atoms with van der Waals surface area (Å²) >= 11 is 0. The van der Waals surface area contributed by atoms with Crippen molar-refractivity contribution in [3.63, 3.8) is 0 Å². The number of rotatable bonds is 4. The molecule has 0 aliphatic heterocycles. The van der Waals surface area contributed by atoms with E-state index < -0.39 is 23.2 Å². The van der Waals surface area contributed by atoms with E-state index in [9.17, 15) is 15.3 Å². The van der Waals surface area contributed by atoms with Crippen molar-refractivity contribution in [3.8, 4) is 0 Å². The van der Waals surface area contributed by atoms with Gasteiger partial charge in [-0.25, -0.2) is 15.0 Å². The molecule has 11 nitrogen and oxygen atoms in total. The Bertz CT molecular complexity index is 864. The Kier molecular flexibility index (Phi) is 3.00. The number of hydrogen-bond donors (Lipinski definition) is 4. The van der Waals surface area contributed by atoms with E-state index in [1.54, 1.807) is 4.57 Å². The quantitative estimate of drug-likeness (QED) is 0.326. The summed E-state index contributed by atoms with van der Waals surface area (Å²) in [5, 5.41) is 34.9. The second-order valence-corrected chi connectivity index (χ2v) is 6.51. The smallest absolute Gasteiger partial charge is 0.165 e. The van der Waals surface area contributed by atoms with Gasteiger partial charge in [-0.05, 0) is 17.9 Å². The molecule has 2 aromatic rings. The molecule has 0 spiro atoms. The highest BCUT2D eigenvalue weighted by molar-refractivity contribution is 5.81. The van der Waals surface area contributed by atoms with Gasteiger partial charge in [0.1, 0.15) is 17.4 Å². The minimum Gasteiger partial charge on any atom is -0.396 e. The van der Waals surface area contributed by atoms with Gasteiger partial charge in [0.2, 0.25) is 0 Å². The molecule has 0 saturated heterocycles. The van der Waals surface area contributed by atoms with Crippen molar-refractivity contribution in [2.75, 3.05) is 18.9 Å². The lowest BCUT2D eigenvalue weighted by Crippen LogP contribution is -2.51. The van der Waals surface area contributed by atoms with Gasteiger partial charge in [0.25, 0.3) is 0 Å². The molecule has 0 aromatic carbocycles. The zero-order chi connectivity index (χ0) is 17.1. The summed E-state index contributed by atoms with van der Waals surface area (Å²) in [5.74, 6) is 0.0186. The Morgan fingerprint density at radius 3 is 2.96 bits per heavy atom. The van der Waals surface area contributed by atoms with Crippen LogP contribution in [-0.2, 0) is 0 Å². The molecule has 2 aliphatic carbocycles. The minimum atomic E-state index is -1.73. The van der Waals surface area contributed by atoms with Crippen LogP contribution in [0.25, 0.3) is 21.6 Å². The topological polar surface area (TPSA) is 179 Å². The number of aliphatic hydroxyl groups is 3. The van der Waals surface area contributed by atoms with Crippen molar-refractivity contribution in [1.82, 2.24) is 19.5 Å². The van der Waals surface area contributed by atoms with Gasteiger partial charge < -0.3 is 25.6 Å². The lowest BCUT2D eigenvalue weighted by atomic mass is 9.87. The molecule has 24 heavy (non-hydrogen) atoms. The largest absolute Gasteiger partial charge is 0.396 e. The Morgan fingerprint density at radius 1 is 1.46 bits per heavy atom. The summed E-state index contributed by atoms with van der Waals surface area (Å²) in [6, 6.07) is -0.649. The summed E-state index contributed by atoms with van der Waals surface area (Å²) < 4.78 is 1.62. The predicted molar refractivity (Wildman–Crippen MR) is 81.4 cm³/mol. The monoisotopic (exact) mass is 332 g/mol. The first-order valence-corrected chi connectivity index (χ1v) is 7.45. The molecule has 5 N–H and O–H groups in total. The maximum Gasteiger partial charge on any atom is 0.165 e. The number of azide groups is 1. The molecular weight excluding hydrogens is 316 g/mol. The third-order valence-electron chi connectivity index (χ3n) is 5.46. The van der Waals surface area contributed by atoms with Crippen molar-refractivity contribution < 1.29 is 15.3 Å². The standard InChI is InChI=1S/C13H16N8O3/c14-9-7-10(17-4-16-9)21(5-18-7)8-6-1-12(6,3-22)11(23)13(8,24)2-19-20-15/h4-6,8,11,22-24H,1-3H2,(H2,14,16,17)/t6-,8+,11+,12-,13+/m0/s1. The molecule has 4 rings (SSSR count). The SMILES string of the molecule is [N-]=[N+]=NC[C@@]1(O)[C@H](n2cnc3c(N)ncnc32)[C@@H]2C[C@@]2(CO)[C@H]1O. The van der Waals surface area contributed by atoms with Gasteiger partial charge in [0.05, 0.1) is 31.6 Å². The Morgan fingerprint density at radius 2 is 2.25 bits per heavy atom. The van der Waals surface area contributed by atoms with Crippen molar-refractivity contribution >= 4 is 17.0 Å². The number of aromatic nitrogens is 4. The highest BCUT2D eigenvalue weighted by atomic mass is 16.4. The zero-order valence-electron chi connectivity index (χ0n) is 12.6.